The Hall–Kier alpha value is -1.02. The summed E-state index contributed by atoms with van der Waals surface area (Å²) < 4.78 is 0. The average Bonchev–Trinajstić information content (AvgIpc) is 2.37. The molecule has 0 amide bonds. The van der Waals surface area contributed by atoms with Gasteiger partial charge >= 0.3 is 0 Å². The summed E-state index contributed by atoms with van der Waals surface area (Å²) >= 11 is 12.0. The number of hydrogen-bond acceptors (Lipinski definition) is 1. The van der Waals surface area contributed by atoms with Crippen LogP contribution in [0.1, 0.15) is 29.2 Å². The molecule has 0 bridgehead atoms. The van der Waals surface area contributed by atoms with Gasteiger partial charge in [-0.3, -0.25) is 0 Å². The fourth-order valence-corrected chi connectivity index (χ4v) is 2.59. The molecule has 0 aliphatic rings. The van der Waals surface area contributed by atoms with Gasteiger partial charge in [-0.2, -0.15) is 0 Å². The van der Waals surface area contributed by atoms with Gasteiger partial charge in [0.1, 0.15) is 0 Å². The lowest BCUT2D eigenvalue weighted by Gasteiger charge is -2.26. The third kappa shape index (κ3) is 3.35. The van der Waals surface area contributed by atoms with Crippen molar-refractivity contribution >= 4 is 23.2 Å². The van der Waals surface area contributed by atoms with Gasteiger partial charge in [-0.05, 0) is 61.6 Å². The zero-order chi connectivity index (χ0) is 14.9. The van der Waals surface area contributed by atoms with Crippen LogP contribution < -0.4 is 5.73 Å². The summed E-state index contributed by atoms with van der Waals surface area (Å²) in [5.41, 5.74) is 10.8. The van der Waals surface area contributed by atoms with Crippen LogP contribution in [0.5, 0.6) is 0 Å². The van der Waals surface area contributed by atoms with Crippen LogP contribution >= 0.6 is 23.2 Å². The minimum Gasteiger partial charge on any atom is -0.321 e. The van der Waals surface area contributed by atoms with Crippen LogP contribution in [0.15, 0.2) is 36.4 Å². The summed E-state index contributed by atoms with van der Waals surface area (Å²) in [5, 5.41) is 1.14. The lowest BCUT2D eigenvalue weighted by Crippen LogP contribution is -2.35. The van der Waals surface area contributed by atoms with Gasteiger partial charge < -0.3 is 5.73 Å². The predicted molar refractivity (Wildman–Crippen MR) is 87.6 cm³/mol. The topological polar surface area (TPSA) is 26.0 Å². The van der Waals surface area contributed by atoms with Crippen molar-refractivity contribution in [1.82, 2.24) is 0 Å². The second kappa shape index (κ2) is 5.77. The van der Waals surface area contributed by atoms with E-state index in [-0.39, 0.29) is 0 Å². The number of hydrogen-bond donors (Lipinski definition) is 1. The zero-order valence-electron chi connectivity index (χ0n) is 12.0. The van der Waals surface area contributed by atoms with Gasteiger partial charge in [0.2, 0.25) is 0 Å². The largest absolute Gasteiger partial charge is 0.321 e. The second-order valence-electron chi connectivity index (χ2n) is 5.64. The molecule has 0 aliphatic carbocycles. The Morgan fingerprint density at radius 3 is 2.25 bits per heavy atom. The molecule has 2 aromatic rings. The van der Waals surface area contributed by atoms with Crippen LogP contribution in [0.2, 0.25) is 10.0 Å². The third-order valence-corrected chi connectivity index (χ3v) is 4.46. The lowest BCUT2D eigenvalue weighted by molar-refractivity contribution is 0.491. The molecule has 0 radical (unpaired) electrons. The van der Waals surface area contributed by atoms with Gasteiger partial charge in [0.05, 0.1) is 10.0 Å². The van der Waals surface area contributed by atoms with Crippen LogP contribution in [0, 0.1) is 13.8 Å². The Kier molecular flexibility index (Phi) is 4.43. The number of aryl methyl sites for hydroxylation is 2. The van der Waals surface area contributed by atoms with Crippen LogP contribution in [0.3, 0.4) is 0 Å². The quantitative estimate of drug-likeness (QED) is 0.846. The highest BCUT2D eigenvalue weighted by atomic mass is 35.5. The molecule has 1 nitrogen and oxygen atoms in total. The normalized spacial score (nSPS) is 14.1. The van der Waals surface area contributed by atoms with E-state index in [2.05, 4.69) is 32.0 Å². The first-order valence-corrected chi connectivity index (χ1v) is 7.36. The maximum atomic E-state index is 6.50. The SMILES string of the molecule is Cc1ccc(C(C)(N)Cc2ccc(Cl)c(Cl)c2)cc1C. The minimum absolute atomic E-state index is 0.435. The first-order chi connectivity index (χ1) is 9.29. The predicted octanol–water partition coefficient (Wildman–Crippen LogP) is 5.03. The Labute approximate surface area is 130 Å². The molecule has 0 aromatic heterocycles. The van der Waals surface area contributed by atoms with Crippen molar-refractivity contribution < 1.29 is 0 Å². The summed E-state index contributed by atoms with van der Waals surface area (Å²) in [7, 11) is 0. The van der Waals surface area contributed by atoms with E-state index < -0.39 is 5.54 Å². The molecule has 0 heterocycles. The molecule has 0 saturated carbocycles. The minimum atomic E-state index is -0.435. The second-order valence-corrected chi connectivity index (χ2v) is 6.46. The summed E-state index contributed by atoms with van der Waals surface area (Å²) in [6, 6.07) is 12.0. The Morgan fingerprint density at radius 2 is 1.65 bits per heavy atom. The molecular formula is C17H19Cl2N. The highest BCUT2D eigenvalue weighted by molar-refractivity contribution is 6.42. The molecule has 0 saturated heterocycles. The van der Waals surface area contributed by atoms with E-state index in [1.54, 1.807) is 0 Å². The molecular weight excluding hydrogens is 289 g/mol. The molecule has 0 aliphatic heterocycles. The number of nitrogens with two attached hydrogens (primary N) is 1. The van der Waals surface area contributed by atoms with Crippen molar-refractivity contribution in [2.24, 2.45) is 5.73 Å². The van der Waals surface area contributed by atoms with Crippen molar-refractivity contribution in [2.75, 3.05) is 0 Å². The monoisotopic (exact) mass is 307 g/mol. The Morgan fingerprint density at radius 1 is 0.950 bits per heavy atom. The van der Waals surface area contributed by atoms with Crippen molar-refractivity contribution in [3.63, 3.8) is 0 Å². The molecule has 20 heavy (non-hydrogen) atoms. The van der Waals surface area contributed by atoms with E-state index in [1.807, 2.05) is 25.1 Å². The highest BCUT2D eigenvalue weighted by Crippen LogP contribution is 2.28. The number of halogens is 2. The van der Waals surface area contributed by atoms with Crippen LogP contribution in [-0.2, 0) is 12.0 Å². The molecule has 2 aromatic carbocycles. The van der Waals surface area contributed by atoms with Gasteiger partial charge in [0, 0.05) is 5.54 Å². The van der Waals surface area contributed by atoms with Crippen molar-refractivity contribution in [3.05, 3.63) is 68.7 Å². The fraction of sp³-hybridized carbons (Fsp3) is 0.294. The van der Waals surface area contributed by atoms with Crippen LogP contribution in [-0.4, -0.2) is 0 Å². The number of rotatable bonds is 3. The molecule has 2 N–H and O–H groups in total. The standard InChI is InChI=1S/C17H19Cl2N/c1-11-4-6-14(8-12(11)2)17(3,20)10-13-5-7-15(18)16(19)9-13/h4-9H,10,20H2,1-3H3. The molecule has 106 valence electrons. The fourth-order valence-electron chi connectivity index (χ4n) is 2.27. The molecule has 1 unspecified atom stereocenters. The zero-order valence-corrected chi connectivity index (χ0v) is 13.5. The van der Waals surface area contributed by atoms with Gasteiger partial charge in [-0.15, -0.1) is 0 Å². The van der Waals surface area contributed by atoms with E-state index >= 15 is 0 Å². The molecule has 2 rings (SSSR count). The van der Waals surface area contributed by atoms with Crippen molar-refractivity contribution in [3.8, 4) is 0 Å². The third-order valence-electron chi connectivity index (χ3n) is 3.72. The average molecular weight is 308 g/mol. The molecule has 1 atom stereocenters. The molecule has 0 spiro atoms. The Bertz CT molecular complexity index is 633. The molecule has 3 heteroatoms. The first kappa shape index (κ1) is 15.4. The molecule has 0 fully saturated rings. The van der Waals surface area contributed by atoms with E-state index in [9.17, 15) is 0 Å². The van der Waals surface area contributed by atoms with E-state index in [0.29, 0.717) is 16.5 Å². The maximum Gasteiger partial charge on any atom is 0.0595 e. The first-order valence-electron chi connectivity index (χ1n) is 6.60. The summed E-state index contributed by atoms with van der Waals surface area (Å²) in [5.74, 6) is 0. The van der Waals surface area contributed by atoms with Gasteiger partial charge in [-0.1, -0.05) is 47.5 Å². The maximum absolute atomic E-state index is 6.50. The van der Waals surface area contributed by atoms with Gasteiger partial charge in [-0.25, -0.2) is 0 Å². The smallest absolute Gasteiger partial charge is 0.0595 e. The summed E-state index contributed by atoms with van der Waals surface area (Å²) in [6.45, 7) is 6.25. The van der Waals surface area contributed by atoms with Crippen molar-refractivity contribution in [2.45, 2.75) is 32.7 Å². The highest BCUT2D eigenvalue weighted by Gasteiger charge is 2.22. The summed E-state index contributed by atoms with van der Waals surface area (Å²) in [6.07, 6.45) is 0.715. The van der Waals surface area contributed by atoms with E-state index in [4.69, 9.17) is 28.9 Å². The Balaban J connectivity index is 2.29. The van der Waals surface area contributed by atoms with Crippen LogP contribution in [0.25, 0.3) is 0 Å². The van der Waals surface area contributed by atoms with Crippen LogP contribution in [0.4, 0.5) is 0 Å². The lowest BCUT2D eigenvalue weighted by atomic mass is 9.85. The van der Waals surface area contributed by atoms with Gasteiger partial charge in [0.25, 0.3) is 0 Å². The van der Waals surface area contributed by atoms with E-state index in [1.165, 1.54) is 11.1 Å². The number of benzene rings is 2. The summed E-state index contributed by atoms with van der Waals surface area (Å²) in [4.78, 5) is 0. The van der Waals surface area contributed by atoms with Crippen molar-refractivity contribution in [1.29, 1.82) is 0 Å². The van der Waals surface area contributed by atoms with E-state index in [0.717, 1.165) is 11.1 Å². The van der Waals surface area contributed by atoms with Gasteiger partial charge in [0.15, 0.2) is 0 Å².